The number of ketones is 1. The number of aryl methyl sites for hydroxylation is 1. The number of Topliss-reactive ketones (excluding diaryl/α,β-unsaturated/α-hetero) is 1. The highest BCUT2D eigenvalue weighted by molar-refractivity contribution is 5.80. The van der Waals surface area contributed by atoms with E-state index in [1.54, 1.807) is 20.9 Å². The van der Waals surface area contributed by atoms with Crippen LogP contribution < -0.4 is 9.47 Å². The number of imidazole rings is 1. The summed E-state index contributed by atoms with van der Waals surface area (Å²) >= 11 is 0. The molecule has 1 atom stereocenters. The van der Waals surface area contributed by atoms with E-state index in [1.807, 2.05) is 6.92 Å². The molecular weight excluding hydrogens is 434 g/mol. The van der Waals surface area contributed by atoms with Crippen LogP contribution in [0.1, 0.15) is 52.9 Å². The third-order valence-electron chi connectivity index (χ3n) is 6.28. The lowest BCUT2D eigenvalue weighted by Gasteiger charge is -2.38. The summed E-state index contributed by atoms with van der Waals surface area (Å²) in [5, 5.41) is 0. The number of carbonyl (C=O) groups is 1. The minimum Gasteiger partial charge on any atom is -0.479 e. The molecule has 1 aliphatic heterocycles. The molecule has 0 spiro atoms. The van der Waals surface area contributed by atoms with Gasteiger partial charge in [0.25, 0.3) is 6.01 Å². The Bertz CT molecular complexity index is 1010. The predicted octanol–water partition coefficient (Wildman–Crippen LogP) is 4.34. The molecule has 0 N–H and O–H groups in total. The SMILES string of the molecule is CC(=O)C[C@@H](C)COC1CCC(Oc2nc3c(F)cc(OC4(C)COC4)c(F)c3n2C)CC1. The van der Waals surface area contributed by atoms with Crippen LogP contribution in [0.2, 0.25) is 0 Å². The maximum atomic E-state index is 15.2. The summed E-state index contributed by atoms with van der Waals surface area (Å²) < 4.78 is 54.2. The second-order valence-electron chi connectivity index (χ2n) is 9.73. The molecule has 9 heteroatoms. The van der Waals surface area contributed by atoms with Crippen LogP contribution in [-0.2, 0) is 21.3 Å². The average molecular weight is 467 g/mol. The summed E-state index contributed by atoms with van der Waals surface area (Å²) in [6, 6.07) is 1.21. The first kappa shape index (κ1) is 23.9. The van der Waals surface area contributed by atoms with Crippen molar-refractivity contribution >= 4 is 16.8 Å². The van der Waals surface area contributed by atoms with Gasteiger partial charge in [0.05, 0.1) is 19.3 Å². The normalized spacial score (nSPS) is 23.2. The highest BCUT2D eigenvalue weighted by Gasteiger charge is 2.37. The topological polar surface area (TPSA) is 71.8 Å². The molecule has 1 saturated heterocycles. The standard InChI is InChI=1S/C24H32F2N2O5/c1-14(9-15(2)29)11-31-16-5-7-17(8-6-16)32-23-27-21-18(25)10-19(20(26)22(21)28(23)4)33-24(3)12-30-13-24/h10,14,16-17H,5-9,11-13H2,1-4H3/t14-,16?,17?/m1/s1. The number of carbonyl (C=O) groups excluding carboxylic acids is 1. The molecule has 0 amide bonds. The molecular formula is C24H32F2N2O5. The lowest BCUT2D eigenvalue weighted by Crippen LogP contribution is -2.51. The van der Waals surface area contributed by atoms with Gasteiger partial charge in [-0.15, -0.1) is 0 Å². The van der Waals surface area contributed by atoms with Crippen molar-refractivity contribution in [3.05, 3.63) is 17.7 Å². The van der Waals surface area contributed by atoms with E-state index in [0.717, 1.165) is 31.7 Å². The van der Waals surface area contributed by atoms with E-state index in [-0.39, 0.29) is 46.7 Å². The van der Waals surface area contributed by atoms with Crippen molar-refractivity contribution < 1.29 is 32.5 Å². The first-order chi connectivity index (χ1) is 15.6. The first-order valence-corrected chi connectivity index (χ1v) is 11.5. The Morgan fingerprint density at radius 3 is 2.55 bits per heavy atom. The second kappa shape index (κ2) is 9.54. The first-order valence-electron chi connectivity index (χ1n) is 11.5. The van der Waals surface area contributed by atoms with Gasteiger partial charge in [0.1, 0.15) is 22.9 Å². The molecule has 4 rings (SSSR count). The Balaban J connectivity index is 1.39. The van der Waals surface area contributed by atoms with Gasteiger partial charge in [-0.2, -0.15) is 4.98 Å². The number of fused-ring (bicyclic) bond motifs is 1. The van der Waals surface area contributed by atoms with Crippen molar-refractivity contribution in [3.8, 4) is 11.8 Å². The molecule has 33 heavy (non-hydrogen) atoms. The van der Waals surface area contributed by atoms with Crippen LogP contribution in [0.5, 0.6) is 11.8 Å². The van der Waals surface area contributed by atoms with Crippen molar-refractivity contribution in [3.63, 3.8) is 0 Å². The van der Waals surface area contributed by atoms with E-state index in [0.29, 0.717) is 26.2 Å². The summed E-state index contributed by atoms with van der Waals surface area (Å²) in [6.07, 6.45) is 3.71. The Morgan fingerprint density at radius 1 is 1.27 bits per heavy atom. The van der Waals surface area contributed by atoms with Gasteiger partial charge in [-0.05, 0) is 45.4 Å². The van der Waals surface area contributed by atoms with Gasteiger partial charge in [0.15, 0.2) is 23.0 Å². The third-order valence-corrected chi connectivity index (χ3v) is 6.28. The molecule has 1 saturated carbocycles. The zero-order valence-electron chi connectivity index (χ0n) is 19.7. The van der Waals surface area contributed by atoms with Crippen LogP contribution in [0.25, 0.3) is 11.0 Å². The summed E-state index contributed by atoms with van der Waals surface area (Å²) in [4.78, 5) is 15.4. The second-order valence-corrected chi connectivity index (χ2v) is 9.73. The van der Waals surface area contributed by atoms with Crippen LogP contribution in [0.15, 0.2) is 6.07 Å². The molecule has 2 heterocycles. The number of aromatic nitrogens is 2. The largest absolute Gasteiger partial charge is 0.479 e. The molecule has 7 nitrogen and oxygen atoms in total. The molecule has 2 aromatic rings. The van der Waals surface area contributed by atoms with E-state index in [9.17, 15) is 9.18 Å². The molecule has 1 aromatic carbocycles. The monoisotopic (exact) mass is 466 g/mol. The molecule has 1 aromatic heterocycles. The molecule has 0 radical (unpaired) electrons. The summed E-state index contributed by atoms with van der Waals surface area (Å²) in [6.45, 7) is 6.61. The number of nitrogens with zero attached hydrogens (tertiary/aromatic N) is 2. The fraction of sp³-hybridized carbons (Fsp3) is 0.667. The van der Waals surface area contributed by atoms with Crippen molar-refractivity contribution in [2.75, 3.05) is 19.8 Å². The smallest absolute Gasteiger partial charge is 0.297 e. The van der Waals surface area contributed by atoms with Crippen molar-refractivity contribution in [2.24, 2.45) is 13.0 Å². The minimum absolute atomic E-state index is 0.0142. The highest BCUT2D eigenvalue weighted by Crippen LogP contribution is 2.35. The molecule has 2 fully saturated rings. The van der Waals surface area contributed by atoms with Crippen LogP contribution >= 0.6 is 0 Å². The number of rotatable bonds is 9. The number of halogens is 2. The molecule has 182 valence electrons. The fourth-order valence-corrected chi connectivity index (χ4v) is 4.47. The third kappa shape index (κ3) is 5.30. The summed E-state index contributed by atoms with van der Waals surface area (Å²) in [7, 11) is 1.61. The van der Waals surface area contributed by atoms with E-state index < -0.39 is 17.2 Å². The van der Waals surface area contributed by atoms with Gasteiger partial charge in [-0.25, -0.2) is 8.78 Å². The maximum Gasteiger partial charge on any atom is 0.297 e. The highest BCUT2D eigenvalue weighted by atomic mass is 19.1. The Labute approximate surface area is 192 Å². The number of ether oxygens (including phenoxy) is 4. The lowest BCUT2D eigenvalue weighted by atomic mass is 9.95. The molecule has 0 unspecified atom stereocenters. The van der Waals surface area contributed by atoms with E-state index in [1.165, 1.54) is 4.57 Å². The quantitative estimate of drug-likeness (QED) is 0.548. The van der Waals surface area contributed by atoms with Crippen molar-refractivity contribution in [2.45, 2.75) is 70.7 Å². The van der Waals surface area contributed by atoms with Gasteiger partial charge >= 0.3 is 0 Å². The zero-order chi connectivity index (χ0) is 23.8. The van der Waals surface area contributed by atoms with Gasteiger partial charge in [0, 0.05) is 26.1 Å². The van der Waals surface area contributed by atoms with Gasteiger partial charge in [-0.1, -0.05) is 6.92 Å². The Hall–Kier alpha value is -2.26. The van der Waals surface area contributed by atoms with Crippen molar-refractivity contribution in [1.82, 2.24) is 9.55 Å². The lowest BCUT2D eigenvalue weighted by molar-refractivity contribution is -0.151. The molecule has 2 aliphatic rings. The van der Waals surface area contributed by atoms with Crippen LogP contribution in [0.4, 0.5) is 8.78 Å². The van der Waals surface area contributed by atoms with Crippen molar-refractivity contribution in [1.29, 1.82) is 0 Å². The van der Waals surface area contributed by atoms with Crippen LogP contribution in [0.3, 0.4) is 0 Å². The Morgan fingerprint density at radius 2 is 1.94 bits per heavy atom. The number of hydrogen-bond acceptors (Lipinski definition) is 6. The van der Waals surface area contributed by atoms with E-state index in [4.69, 9.17) is 18.9 Å². The average Bonchev–Trinajstić information content (AvgIpc) is 3.06. The number of benzene rings is 1. The Kier molecular flexibility index (Phi) is 6.91. The van der Waals surface area contributed by atoms with E-state index >= 15 is 4.39 Å². The van der Waals surface area contributed by atoms with Gasteiger partial charge < -0.3 is 23.7 Å². The minimum atomic E-state index is -0.666. The predicted molar refractivity (Wildman–Crippen MR) is 118 cm³/mol. The molecule has 0 bridgehead atoms. The van der Waals surface area contributed by atoms with Gasteiger partial charge in [-0.3, -0.25) is 4.57 Å². The van der Waals surface area contributed by atoms with E-state index in [2.05, 4.69) is 4.98 Å². The fourth-order valence-electron chi connectivity index (χ4n) is 4.47. The summed E-state index contributed by atoms with van der Waals surface area (Å²) in [5.74, 6) is -1.11. The zero-order valence-corrected chi connectivity index (χ0v) is 19.7. The maximum absolute atomic E-state index is 15.2. The van der Waals surface area contributed by atoms with Gasteiger partial charge in [0.2, 0.25) is 0 Å². The number of hydrogen-bond donors (Lipinski definition) is 0. The van der Waals surface area contributed by atoms with Crippen LogP contribution in [-0.4, -0.2) is 53.0 Å². The summed E-state index contributed by atoms with van der Waals surface area (Å²) in [5.41, 5.74) is -0.729. The van der Waals surface area contributed by atoms with Crippen LogP contribution in [0, 0.1) is 17.6 Å². The molecule has 1 aliphatic carbocycles.